The first-order valence-electron chi connectivity index (χ1n) is 5.87. The van der Waals surface area contributed by atoms with Gasteiger partial charge in [0.05, 0.1) is 4.47 Å². The number of carbonyl (C=O) groups excluding carboxylic acids is 1. The Kier molecular flexibility index (Phi) is 5.05. The molecule has 0 saturated carbocycles. The van der Waals surface area contributed by atoms with E-state index in [0.29, 0.717) is 0 Å². The maximum atomic E-state index is 13.1. The molecule has 4 nitrogen and oxygen atoms in total. The Bertz CT molecular complexity index is 501. The average molecular weight is 332 g/mol. The van der Waals surface area contributed by atoms with E-state index in [-0.39, 0.29) is 22.9 Å². The van der Waals surface area contributed by atoms with Crippen LogP contribution < -0.4 is 5.32 Å². The SMILES string of the molecule is CCC(CC)(NC(=O)c1ccc(F)c(Br)c1)C(=O)O. The highest BCUT2D eigenvalue weighted by atomic mass is 79.9. The predicted octanol–water partition coefficient (Wildman–Crippen LogP) is 2.96. The van der Waals surface area contributed by atoms with Gasteiger partial charge < -0.3 is 10.4 Å². The van der Waals surface area contributed by atoms with E-state index < -0.39 is 23.2 Å². The van der Waals surface area contributed by atoms with E-state index in [2.05, 4.69) is 21.2 Å². The Hall–Kier alpha value is -1.43. The smallest absolute Gasteiger partial charge is 0.329 e. The summed E-state index contributed by atoms with van der Waals surface area (Å²) in [6.07, 6.45) is 0.542. The first-order chi connectivity index (χ1) is 8.86. The molecule has 1 aromatic rings. The van der Waals surface area contributed by atoms with Gasteiger partial charge in [-0.1, -0.05) is 13.8 Å². The van der Waals surface area contributed by atoms with E-state index in [1.165, 1.54) is 12.1 Å². The molecule has 0 unspecified atom stereocenters. The molecule has 0 radical (unpaired) electrons. The number of amides is 1. The third-order valence-electron chi connectivity index (χ3n) is 3.15. The van der Waals surface area contributed by atoms with Crippen molar-refractivity contribution >= 4 is 27.8 Å². The Labute approximate surface area is 119 Å². The summed E-state index contributed by atoms with van der Waals surface area (Å²) >= 11 is 2.99. The second-order valence-electron chi connectivity index (χ2n) is 4.18. The summed E-state index contributed by atoms with van der Waals surface area (Å²) in [4.78, 5) is 23.3. The number of benzene rings is 1. The van der Waals surface area contributed by atoms with Gasteiger partial charge in [-0.2, -0.15) is 0 Å². The number of halogens is 2. The van der Waals surface area contributed by atoms with Crippen molar-refractivity contribution in [3.8, 4) is 0 Å². The van der Waals surface area contributed by atoms with Crippen molar-refractivity contribution in [2.24, 2.45) is 0 Å². The van der Waals surface area contributed by atoms with Gasteiger partial charge in [0.25, 0.3) is 5.91 Å². The fraction of sp³-hybridized carbons (Fsp3) is 0.385. The lowest BCUT2D eigenvalue weighted by Crippen LogP contribution is -2.53. The van der Waals surface area contributed by atoms with E-state index >= 15 is 0 Å². The van der Waals surface area contributed by atoms with Crippen LogP contribution in [0, 0.1) is 5.82 Å². The first kappa shape index (κ1) is 15.6. The molecule has 0 aromatic heterocycles. The van der Waals surface area contributed by atoms with Gasteiger partial charge in [0.15, 0.2) is 0 Å². The van der Waals surface area contributed by atoms with Gasteiger partial charge in [0.2, 0.25) is 0 Å². The highest BCUT2D eigenvalue weighted by Crippen LogP contribution is 2.19. The predicted molar refractivity (Wildman–Crippen MR) is 72.5 cm³/mol. The average Bonchev–Trinajstić information content (AvgIpc) is 2.38. The van der Waals surface area contributed by atoms with E-state index in [1.54, 1.807) is 13.8 Å². The molecule has 1 amide bonds. The minimum absolute atomic E-state index is 0.161. The second kappa shape index (κ2) is 6.14. The Morgan fingerprint density at radius 2 is 1.95 bits per heavy atom. The van der Waals surface area contributed by atoms with Gasteiger partial charge in [-0.05, 0) is 47.0 Å². The van der Waals surface area contributed by atoms with E-state index in [1.807, 2.05) is 0 Å². The van der Waals surface area contributed by atoms with Crippen molar-refractivity contribution in [3.05, 3.63) is 34.1 Å². The van der Waals surface area contributed by atoms with Crippen molar-refractivity contribution in [2.45, 2.75) is 32.2 Å². The Balaban J connectivity index is 3.00. The number of carboxylic acid groups (broad SMARTS) is 1. The lowest BCUT2D eigenvalue weighted by atomic mass is 9.92. The molecule has 0 bridgehead atoms. The summed E-state index contributed by atoms with van der Waals surface area (Å²) in [5.74, 6) is -2.09. The van der Waals surface area contributed by atoms with Crippen LogP contribution in [-0.2, 0) is 4.79 Å². The third-order valence-corrected chi connectivity index (χ3v) is 3.76. The van der Waals surface area contributed by atoms with Crippen molar-refractivity contribution < 1.29 is 19.1 Å². The first-order valence-corrected chi connectivity index (χ1v) is 6.66. The van der Waals surface area contributed by atoms with Crippen molar-refractivity contribution in [1.29, 1.82) is 0 Å². The number of aliphatic carboxylic acids is 1. The molecule has 0 heterocycles. The monoisotopic (exact) mass is 331 g/mol. The summed E-state index contributed by atoms with van der Waals surface area (Å²) in [6, 6.07) is 3.79. The highest BCUT2D eigenvalue weighted by Gasteiger charge is 2.36. The molecule has 1 rings (SSSR count). The normalized spacial score (nSPS) is 11.2. The van der Waals surface area contributed by atoms with E-state index in [9.17, 15) is 19.1 Å². The molecule has 6 heteroatoms. The van der Waals surface area contributed by atoms with Crippen LogP contribution in [0.3, 0.4) is 0 Å². The molecule has 0 fully saturated rings. The van der Waals surface area contributed by atoms with Gasteiger partial charge in [-0.3, -0.25) is 4.79 Å². The van der Waals surface area contributed by atoms with E-state index in [0.717, 1.165) is 6.07 Å². The highest BCUT2D eigenvalue weighted by molar-refractivity contribution is 9.10. The van der Waals surface area contributed by atoms with Crippen molar-refractivity contribution in [3.63, 3.8) is 0 Å². The number of hydrogen-bond donors (Lipinski definition) is 2. The molecule has 0 saturated heterocycles. The van der Waals surface area contributed by atoms with E-state index in [4.69, 9.17) is 0 Å². The molecule has 0 spiro atoms. The lowest BCUT2D eigenvalue weighted by molar-refractivity contribution is -0.144. The third kappa shape index (κ3) is 3.32. The van der Waals surface area contributed by atoms with Crippen LogP contribution in [0.15, 0.2) is 22.7 Å². The molecule has 19 heavy (non-hydrogen) atoms. The Morgan fingerprint density at radius 1 is 1.37 bits per heavy atom. The maximum absolute atomic E-state index is 13.1. The molecular formula is C13H15BrFNO3. The molecule has 0 atom stereocenters. The fourth-order valence-electron chi connectivity index (χ4n) is 1.71. The number of hydrogen-bond acceptors (Lipinski definition) is 2. The standard InChI is InChI=1S/C13H15BrFNO3/c1-3-13(4-2,12(18)19)16-11(17)8-5-6-10(15)9(14)7-8/h5-7H,3-4H2,1-2H3,(H,16,17)(H,18,19). The van der Waals surface area contributed by atoms with Gasteiger partial charge >= 0.3 is 5.97 Å². The molecule has 1 aromatic carbocycles. The maximum Gasteiger partial charge on any atom is 0.329 e. The minimum Gasteiger partial charge on any atom is -0.480 e. The number of nitrogens with one attached hydrogen (secondary N) is 1. The molecular weight excluding hydrogens is 317 g/mol. The van der Waals surface area contributed by atoms with Gasteiger partial charge in [0, 0.05) is 5.56 Å². The largest absolute Gasteiger partial charge is 0.480 e. The van der Waals surface area contributed by atoms with Crippen LogP contribution in [0.4, 0.5) is 4.39 Å². The zero-order chi connectivity index (χ0) is 14.6. The van der Waals surface area contributed by atoms with Gasteiger partial charge in [-0.25, -0.2) is 9.18 Å². The molecule has 0 aliphatic rings. The van der Waals surface area contributed by atoms with Crippen LogP contribution in [0.2, 0.25) is 0 Å². The number of carboxylic acids is 1. The van der Waals surface area contributed by atoms with Crippen LogP contribution >= 0.6 is 15.9 Å². The summed E-state index contributed by atoms with van der Waals surface area (Å²) in [5.41, 5.74) is -1.08. The quantitative estimate of drug-likeness (QED) is 0.871. The van der Waals surface area contributed by atoms with Crippen molar-refractivity contribution in [1.82, 2.24) is 5.32 Å². The van der Waals surface area contributed by atoms with Crippen LogP contribution in [-0.4, -0.2) is 22.5 Å². The molecule has 0 aliphatic carbocycles. The lowest BCUT2D eigenvalue weighted by Gasteiger charge is -2.28. The summed E-state index contributed by atoms with van der Waals surface area (Å²) in [5, 5.41) is 11.7. The number of carbonyl (C=O) groups is 2. The zero-order valence-corrected chi connectivity index (χ0v) is 12.3. The fourth-order valence-corrected chi connectivity index (χ4v) is 2.09. The van der Waals surface area contributed by atoms with Crippen LogP contribution in [0.25, 0.3) is 0 Å². The zero-order valence-electron chi connectivity index (χ0n) is 10.7. The summed E-state index contributed by atoms with van der Waals surface area (Å²) < 4.78 is 13.2. The van der Waals surface area contributed by atoms with Crippen LogP contribution in [0.5, 0.6) is 0 Å². The molecule has 104 valence electrons. The van der Waals surface area contributed by atoms with Crippen molar-refractivity contribution in [2.75, 3.05) is 0 Å². The Morgan fingerprint density at radius 3 is 2.37 bits per heavy atom. The topological polar surface area (TPSA) is 66.4 Å². The molecule has 0 aliphatic heterocycles. The number of rotatable bonds is 5. The second-order valence-corrected chi connectivity index (χ2v) is 5.03. The minimum atomic E-state index is -1.29. The summed E-state index contributed by atoms with van der Waals surface area (Å²) in [7, 11) is 0. The van der Waals surface area contributed by atoms with Gasteiger partial charge in [0.1, 0.15) is 11.4 Å². The van der Waals surface area contributed by atoms with Crippen LogP contribution in [0.1, 0.15) is 37.0 Å². The van der Waals surface area contributed by atoms with Gasteiger partial charge in [-0.15, -0.1) is 0 Å². The molecule has 2 N–H and O–H groups in total. The summed E-state index contributed by atoms with van der Waals surface area (Å²) in [6.45, 7) is 3.39.